The van der Waals surface area contributed by atoms with E-state index in [0.29, 0.717) is 13.0 Å². The van der Waals surface area contributed by atoms with Crippen LogP contribution in [-0.2, 0) is 24.3 Å². The van der Waals surface area contributed by atoms with Crippen molar-refractivity contribution in [3.05, 3.63) is 65.0 Å². The third-order valence-electron chi connectivity index (χ3n) is 4.01. The lowest BCUT2D eigenvalue weighted by molar-refractivity contribution is -0.120. The van der Waals surface area contributed by atoms with Gasteiger partial charge in [-0.25, -0.2) is 4.98 Å². The van der Waals surface area contributed by atoms with Crippen LogP contribution in [0, 0.1) is 6.92 Å². The molecule has 0 aliphatic carbocycles. The summed E-state index contributed by atoms with van der Waals surface area (Å²) in [7, 11) is 4.10. The van der Waals surface area contributed by atoms with Gasteiger partial charge in [-0.3, -0.25) is 4.79 Å². The number of carbonyl (C=O) groups excluding carboxylic acids is 1. The summed E-state index contributed by atoms with van der Waals surface area (Å²) < 4.78 is 0. The number of aromatic amines is 1. The highest BCUT2D eigenvalue weighted by atomic mass is 16.1. The molecule has 0 aliphatic heterocycles. The first-order valence-electron chi connectivity index (χ1n) is 8.44. The summed E-state index contributed by atoms with van der Waals surface area (Å²) in [5.74, 6) is 0.905. The van der Waals surface area contributed by atoms with Crippen LogP contribution in [0.4, 0.5) is 0 Å². The number of carbonyl (C=O) groups is 1. The van der Waals surface area contributed by atoms with Crippen LogP contribution in [0.25, 0.3) is 11.0 Å². The summed E-state index contributed by atoms with van der Waals surface area (Å²) in [5.41, 5.74) is 5.25. The van der Waals surface area contributed by atoms with Gasteiger partial charge in [0.15, 0.2) is 0 Å². The van der Waals surface area contributed by atoms with Crippen molar-refractivity contribution in [1.29, 1.82) is 0 Å². The van der Waals surface area contributed by atoms with Crippen molar-refractivity contribution in [3.8, 4) is 0 Å². The van der Waals surface area contributed by atoms with Crippen molar-refractivity contribution in [1.82, 2.24) is 20.2 Å². The van der Waals surface area contributed by atoms with Crippen molar-refractivity contribution in [2.24, 2.45) is 0 Å². The second-order valence-corrected chi connectivity index (χ2v) is 6.68. The average molecular weight is 336 g/mol. The lowest BCUT2D eigenvalue weighted by atomic mass is 10.1. The van der Waals surface area contributed by atoms with Crippen LogP contribution in [-0.4, -0.2) is 34.9 Å². The number of benzene rings is 2. The molecule has 3 rings (SSSR count). The van der Waals surface area contributed by atoms with Crippen LogP contribution >= 0.6 is 0 Å². The topological polar surface area (TPSA) is 61.0 Å². The second kappa shape index (κ2) is 7.49. The van der Waals surface area contributed by atoms with Gasteiger partial charge in [0.2, 0.25) is 5.91 Å². The predicted molar refractivity (Wildman–Crippen MR) is 100 cm³/mol. The minimum Gasteiger partial charge on any atom is -0.352 e. The number of rotatable bonds is 6. The molecule has 0 spiro atoms. The fourth-order valence-corrected chi connectivity index (χ4v) is 2.95. The molecule has 2 aromatic carbocycles. The van der Waals surface area contributed by atoms with Crippen LogP contribution in [0.2, 0.25) is 0 Å². The molecule has 0 aliphatic rings. The van der Waals surface area contributed by atoms with Crippen LogP contribution in [0.5, 0.6) is 0 Å². The number of fused-ring (bicyclic) bond motifs is 1. The Hall–Kier alpha value is -2.66. The largest absolute Gasteiger partial charge is 0.352 e. The van der Waals surface area contributed by atoms with Crippen LogP contribution in [0.1, 0.15) is 22.5 Å². The van der Waals surface area contributed by atoms with Gasteiger partial charge in [-0.2, -0.15) is 0 Å². The van der Waals surface area contributed by atoms with Gasteiger partial charge in [0.25, 0.3) is 0 Å². The van der Waals surface area contributed by atoms with Crippen molar-refractivity contribution in [2.45, 2.75) is 26.4 Å². The maximum absolute atomic E-state index is 12.2. The monoisotopic (exact) mass is 336 g/mol. The van der Waals surface area contributed by atoms with E-state index >= 15 is 0 Å². The number of hydrogen-bond donors (Lipinski definition) is 2. The number of amides is 1. The summed E-state index contributed by atoms with van der Waals surface area (Å²) in [6, 6.07) is 14.2. The van der Waals surface area contributed by atoms with Gasteiger partial charge in [0, 0.05) is 13.1 Å². The van der Waals surface area contributed by atoms with Crippen molar-refractivity contribution in [2.75, 3.05) is 14.1 Å². The molecule has 0 atom stereocenters. The molecule has 0 saturated heterocycles. The zero-order valence-electron chi connectivity index (χ0n) is 15.0. The molecule has 2 N–H and O–H groups in total. The maximum Gasteiger partial charge on any atom is 0.224 e. The zero-order valence-corrected chi connectivity index (χ0v) is 15.0. The maximum atomic E-state index is 12.2. The first-order chi connectivity index (χ1) is 12.0. The zero-order chi connectivity index (χ0) is 17.8. The normalized spacial score (nSPS) is 11.2. The highest BCUT2D eigenvalue weighted by Crippen LogP contribution is 2.14. The minimum atomic E-state index is 0.0219. The van der Waals surface area contributed by atoms with Crippen molar-refractivity contribution in [3.63, 3.8) is 0 Å². The Balaban J connectivity index is 1.58. The minimum absolute atomic E-state index is 0.0219. The van der Waals surface area contributed by atoms with E-state index in [9.17, 15) is 4.79 Å². The van der Waals surface area contributed by atoms with E-state index in [0.717, 1.165) is 34.5 Å². The Morgan fingerprint density at radius 1 is 1.12 bits per heavy atom. The number of imidazole rings is 1. The molecule has 0 bridgehead atoms. The Labute approximate surface area is 148 Å². The van der Waals surface area contributed by atoms with Crippen LogP contribution < -0.4 is 5.32 Å². The molecule has 5 heteroatoms. The molecule has 0 radical (unpaired) electrons. The highest BCUT2D eigenvalue weighted by Gasteiger charge is 2.06. The van der Waals surface area contributed by atoms with E-state index < -0.39 is 0 Å². The molecule has 1 heterocycles. The lowest BCUT2D eigenvalue weighted by Crippen LogP contribution is -2.24. The SMILES string of the molecule is Cc1nc2ccc(CC(=O)NCc3cccc(CN(C)C)c3)cc2[nH]1. The first-order valence-corrected chi connectivity index (χ1v) is 8.44. The Morgan fingerprint density at radius 3 is 2.72 bits per heavy atom. The van der Waals surface area contributed by atoms with E-state index in [-0.39, 0.29) is 5.91 Å². The molecular weight excluding hydrogens is 312 g/mol. The summed E-state index contributed by atoms with van der Waals surface area (Å²) >= 11 is 0. The van der Waals surface area contributed by atoms with Gasteiger partial charge < -0.3 is 15.2 Å². The van der Waals surface area contributed by atoms with Gasteiger partial charge in [-0.1, -0.05) is 30.3 Å². The molecule has 0 fully saturated rings. The van der Waals surface area contributed by atoms with E-state index in [4.69, 9.17) is 0 Å². The molecule has 0 unspecified atom stereocenters. The Morgan fingerprint density at radius 2 is 1.92 bits per heavy atom. The second-order valence-electron chi connectivity index (χ2n) is 6.68. The van der Waals surface area contributed by atoms with E-state index in [1.807, 2.05) is 51.4 Å². The third kappa shape index (κ3) is 4.67. The number of aryl methyl sites for hydroxylation is 1. The summed E-state index contributed by atoms with van der Waals surface area (Å²) in [6.07, 6.45) is 0.366. The molecule has 0 saturated carbocycles. The average Bonchev–Trinajstić information content (AvgIpc) is 2.92. The van der Waals surface area contributed by atoms with Gasteiger partial charge in [-0.15, -0.1) is 0 Å². The number of aromatic nitrogens is 2. The lowest BCUT2D eigenvalue weighted by Gasteiger charge is -2.11. The molecule has 5 nitrogen and oxygen atoms in total. The Kier molecular flexibility index (Phi) is 5.14. The van der Waals surface area contributed by atoms with E-state index in [2.05, 4.69) is 32.3 Å². The molecule has 25 heavy (non-hydrogen) atoms. The van der Waals surface area contributed by atoms with E-state index in [1.54, 1.807) is 0 Å². The van der Waals surface area contributed by atoms with E-state index in [1.165, 1.54) is 5.56 Å². The third-order valence-corrected chi connectivity index (χ3v) is 4.01. The predicted octanol–water partition coefficient (Wildman–Crippen LogP) is 2.79. The van der Waals surface area contributed by atoms with Gasteiger partial charge in [0.1, 0.15) is 5.82 Å². The molecule has 1 amide bonds. The molecular formula is C20H24N4O. The molecule has 1 aromatic heterocycles. The standard InChI is InChI=1S/C20H24N4O/c1-14-22-18-8-7-15(10-19(18)23-14)11-20(25)21-12-16-5-4-6-17(9-16)13-24(2)3/h4-10H,11-13H2,1-3H3,(H,21,25)(H,22,23). The summed E-state index contributed by atoms with van der Waals surface area (Å²) in [4.78, 5) is 22.0. The van der Waals surface area contributed by atoms with Crippen LogP contribution in [0.15, 0.2) is 42.5 Å². The van der Waals surface area contributed by atoms with Crippen molar-refractivity contribution < 1.29 is 4.79 Å². The summed E-state index contributed by atoms with van der Waals surface area (Å²) in [6.45, 7) is 3.37. The van der Waals surface area contributed by atoms with Gasteiger partial charge in [-0.05, 0) is 49.8 Å². The highest BCUT2D eigenvalue weighted by molar-refractivity contribution is 5.81. The first kappa shape index (κ1) is 17.2. The smallest absolute Gasteiger partial charge is 0.224 e. The van der Waals surface area contributed by atoms with Crippen molar-refractivity contribution >= 4 is 16.9 Å². The Bertz CT molecular complexity index is 882. The summed E-state index contributed by atoms with van der Waals surface area (Å²) in [5, 5.41) is 3.00. The quantitative estimate of drug-likeness (QED) is 0.728. The fourth-order valence-electron chi connectivity index (χ4n) is 2.95. The fraction of sp³-hybridized carbons (Fsp3) is 0.300. The molecule has 3 aromatic rings. The van der Waals surface area contributed by atoms with Crippen LogP contribution in [0.3, 0.4) is 0 Å². The molecule has 130 valence electrons. The number of H-pyrrole nitrogens is 1. The number of hydrogen-bond acceptors (Lipinski definition) is 3. The van der Waals surface area contributed by atoms with Gasteiger partial charge >= 0.3 is 0 Å². The number of nitrogens with zero attached hydrogens (tertiary/aromatic N) is 2. The van der Waals surface area contributed by atoms with Gasteiger partial charge in [0.05, 0.1) is 17.5 Å². The number of nitrogens with one attached hydrogen (secondary N) is 2.